The normalized spacial score (nSPS) is 11.8. The molecule has 3 rings (SSSR count). The molecule has 0 radical (unpaired) electrons. The molecular formula is C24H26F3N3OS. The molecule has 0 aliphatic carbocycles. The molecule has 0 spiro atoms. The second-order valence-corrected chi connectivity index (χ2v) is 8.14. The van der Waals surface area contributed by atoms with Crippen molar-refractivity contribution in [3.05, 3.63) is 65.3 Å². The van der Waals surface area contributed by atoms with Crippen LogP contribution >= 0.6 is 11.3 Å². The van der Waals surface area contributed by atoms with Crippen LogP contribution in [0.2, 0.25) is 0 Å². The molecule has 0 saturated carbocycles. The maximum atomic E-state index is 13.6. The predicted octanol–water partition coefficient (Wildman–Crippen LogP) is 7.79. The Balaban J connectivity index is 1.66. The van der Waals surface area contributed by atoms with Gasteiger partial charge in [0.05, 0.1) is 17.9 Å². The molecule has 0 aliphatic rings. The highest BCUT2D eigenvalue weighted by molar-refractivity contribution is 7.14. The number of hydrogen-bond donors (Lipinski definition) is 1. The standard InChI is InChI=1S/C24H26F3N3OS/c1-3-4-5-6-7-8-13-31-22-12-11-19(14-20(22)24(25,26)27)29-23-30-21(16-32-23)18-10-9-17(2)28-15-18/h4-5,9-12,14-16H,3,6-8,13H2,1-2H3,(H,29,30). The molecule has 170 valence electrons. The monoisotopic (exact) mass is 461 g/mol. The van der Waals surface area contributed by atoms with E-state index in [1.54, 1.807) is 12.3 Å². The first kappa shape index (κ1) is 23.8. The fourth-order valence-electron chi connectivity index (χ4n) is 2.99. The van der Waals surface area contributed by atoms with Crippen LogP contribution in [0.3, 0.4) is 0 Å². The molecule has 0 aliphatic heterocycles. The molecule has 0 unspecified atom stereocenters. The summed E-state index contributed by atoms with van der Waals surface area (Å²) in [7, 11) is 0. The van der Waals surface area contributed by atoms with Crippen molar-refractivity contribution in [1.82, 2.24) is 9.97 Å². The third-order valence-corrected chi connectivity index (χ3v) is 5.43. The summed E-state index contributed by atoms with van der Waals surface area (Å²) >= 11 is 1.32. The van der Waals surface area contributed by atoms with Gasteiger partial charge in [-0.15, -0.1) is 11.3 Å². The van der Waals surface area contributed by atoms with Gasteiger partial charge in [0.1, 0.15) is 5.75 Å². The van der Waals surface area contributed by atoms with Gasteiger partial charge in [-0.25, -0.2) is 4.98 Å². The van der Waals surface area contributed by atoms with E-state index < -0.39 is 11.7 Å². The smallest absolute Gasteiger partial charge is 0.420 e. The summed E-state index contributed by atoms with van der Waals surface area (Å²) in [5.41, 5.74) is 1.97. The number of unbranched alkanes of at least 4 members (excludes halogenated alkanes) is 2. The summed E-state index contributed by atoms with van der Waals surface area (Å²) in [6.07, 6.45) is 4.83. The number of nitrogens with one attached hydrogen (secondary N) is 1. The number of pyridine rings is 1. The summed E-state index contributed by atoms with van der Waals surface area (Å²) < 4.78 is 46.3. The number of anilines is 2. The number of aryl methyl sites for hydroxylation is 1. The summed E-state index contributed by atoms with van der Waals surface area (Å²) in [6.45, 7) is 4.20. The van der Waals surface area contributed by atoms with Gasteiger partial charge < -0.3 is 10.1 Å². The van der Waals surface area contributed by atoms with Gasteiger partial charge in [0.15, 0.2) is 5.13 Å². The second-order valence-electron chi connectivity index (χ2n) is 7.28. The lowest BCUT2D eigenvalue weighted by Crippen LogP contribution is -2.10. The van der Waals surface area contributed by atoms with Crippen LogP contribution in [0.5, 0.6) is 5.75 Å². The van der Waals surface area contributed by atoms with Crippen molar-refractivity contribution in [3.8, 4) is 17.0 Å². The van der Waals surface area contributed by atoms with Crippen molar-refractivity contribution in [3.63, 3.8) is 0 Å². The zero-order valence-electron chi connectivity index (χ0n) is 18.1. The first-order chi connectivity index (χ1) is 15.4. The van der Waals surface area contributed by atoms with Gasteiger partial charge in [0.2, 0.25) is 0 Å². The molecule has 2 heterocycles. The number of allylic oxidation sites excluding steroid dienone is 2. The average molecular weight is 462 g/mol. The second kappa shape index (κ2) is 11.1. The van der Waals surface area contributed by atoms with E-state index in [-0.39, 0.29) is 12.4 Å². The molecule has 32 heavy (non-hydrogen) atoms. The van der Waals surface area contributed by atoms with Gasteiger partial charge in [-0.2, -0.15) is 13.2 Å². The highest BCUT2D eigenvalue weighted by Gasteiger charge is 2.34. The van der Waals surface area contributed by atoms with Crippen molar-refractivity contribution in [1.29, 1.82) is 0 Å². The summed E-state index contributed by atoms with van der Waals surface area (Å²) in [4.78, 5) is 8.71. The fourth-order valence-corrected chi connectivity index (χ4v) is 3.73. The Bertz CT molecular complexity index is 1030. The van der Waals surface area contributed by atoms with E-state index in [2.05, 4.69) is 34.4 Å². The first-order valence-corrected chi connectivity index (χ1v) is 11.4. The van der Waals surface area contributed by atoms with Crippen LogP contribution in [0, 0.1) is 6.92 Å². The van der Waals surface area contributed by atoms with Gasteiger partial charge in [-0.1, -0.05) is 19.1 Å². The van der Waals surface area contributed by atoms with Crippen LogP contribution in [0.25, 0.3) is 11.3 Å². The minimum absolute atomic E-state index is 0.155. The third-order valence-electron chi connectivity index (χ3n) is 4.67. The molecule has 4 nitrogen and oxygen atoms in total. The highest BCUT2D eigenvalue weighted by atomic mass is 32.1. The van der Waals surface area contributed by atoms with Crippen molar-refractivity contribution in [2.24, 2.45) is 0 Å². The van der Waals surface area contributed by atoms with Crippen LogP contribution < -0.4 is 10.1 Å². The zero-order chi connectivity index (χ0) is 23.0. The maximum Gasteiger partial charge on any atom is 0.420 e. The van der Waals surface area contributed by atoms with Gasteiger partial charge in [-0.3, -0.25) is 4.98 Å². The van der Waals surface area contributed by atoms with E-state index in [4.69, 9.17) is 4.74 Å². The number of thiazole rings is 1. The number of benzene rings is 1. The first-order valence-electron chi connectivity index (χ1n) is 10.5. The van der Waals surface area contributed by atoms with Crippen LogP contribution in [0.1, 0.15) is 43.9 Å². The topological polar surface area (TPSA) is 47.0 Å². The van der Waals surface area contributed by atoms with Gasteiger partial charge in [-0.05, 0) is 62.9 Å². The van der Waals surface area contributed by atoms with Crippen molar-refractivity contribution in [2.45, 2.75) is 45.7 Å². The Morgan fingerprint density at radius 1 is 1.12 bits per heavy atom. The van der Waals surface area contributed by atoms with E-state index in [0.29, 0.717) is 17.2 Å². The Kier molecular flexibility index (Phi) is 8.27. The zero-order valence-corrected chi connectivity index (χ0v) is 18.9. The Morgan fingerprint density at radius 3 is 2.69 bits per heavy atom. The lowest BCUT2D eigenvalue weighted by Gasteiger charge is -2.15. The quantitative estimate of drug-likeness (QED) is 0.247. The Hall–Kier alpha value is -2.87. The van der Waals surface area contributed by atoms with Crippen LogP contribution in [-0.2, 0) is 6.18 Å². The van der Waals surface area contributed by atoms with E-state index in [1.165, 1.54) is 17.4 Å². The van der Waals surface area contributed by atoms with Crippen LogP contribution in [-0.4, -0.2) is 16.6 Å². The largest absolute Gasteiger partial charge is 0.493 e. The molecule has 0 atom stereocenters. The van der Waals surface area contributed by atoms with E-state index in [1.807, 2.05) is 24.4 Å². The molecule has 1 aromatic carbocycles. The molecule has 0 saturated heterocycles. The molecule has 0 bridgehead atoms. The molecule has 8 heteroatoms. The molecule has 0 amide bonds. The lowest BCUT2D eigenvalue weighted by atomic mass is 10.1. The van der Waals surface area contributed by atoms with Crippen molar-refractivity contribution >= 4 is 22.2 Å². The number of halogens is 3. The molecular weight excluding hydrogens is 435 g/mol. The predicted molar refractivity (Wildman–Crippen MR) is 124 cm³/mol. The number of aromatic nitrogens is 2. The van der Waals surface area contributed by atoms with Crippen molar-refractivity contribution < 1.29 is 17.9 Å². The van der Waals surface area contributed by atoms with E-state index in [0.717, 1.165) is 42.3 Å². The van der Waals surface area contributed by atoms with Gasteiger partial charge in [0.25, 0.3) is 0 Å². The number of ether oxygens (including phenoxy) is 1. The lowest BCUT2D eigenvalue weighted by molar-refractivity contribution is -0.138. The fraction of sp³-hybridized carbons (Fsp3) is 0.333. The van der Waals surface area contributed by atoms with E-state index >= 15 is 0 Å². The van der Waals surface area contributed by atoms with Crippen LogP contribution in [0.15, 0.2) is 54.1 Å². The summed E-state index contributed by atoms with van der Waals surface area (Å²) in [5.74, 6) is -0.155. The van der Waals surface area contributed by atoms with Crippen LogP contribution in [0.4, 0.5) is 24.0 Å². The van der Waals surface area contributed by atoms with Gasteiger partial charge >= 0.3 is 6.18 Å². The minimum Gasteiger partial charge on any atom is -0.493 e. The summed E-state index contributed by atoms with van der Waals surface area (Å²) in [5, 5.41) is 5.31. The van der Waals surface area contributed by atoms with E-state index in [9.17, 15) is 13.2 Å². The molecule has 2 aromatic heterocycles. The number of rotatable bonds is 10. The Labute approximate surface area is 190 Å². The third kappa shape index (κ3) is 6.82. The molecule has 1 N–H and O–H groups in total. The minimum atomic E-state index is -4.52. The Morgan fingerprint density at radius 2 is 1.97 bits per heavy atom. The number of alkyl halides is 3. The average Bonchev–Trinajstić information content (AvgIpc) is 3.22. The number of hydrogen-bond acceptors (Lipinski definition) is 5. The van der Waals surface area contributed by atoms with Crippen molar-refractivity contribution in [2.75, 3.05) is 11.9 Å². The maximum absolute atomic E-state index is 13.6. The molecule has 0 fully saturated rings. The molecule has 3 aromatic rings. The van der Waals surface area contributed by atoms with Gasteiger partial charge in [0, 0.05) is 28.5 Å². The summed E-state index contributed by atoms with van der Waals surface area (Å²) in [6, 6.07) is 7.80. The highest BCUT2D eigenvalue weighted by Crippen LogP contribution is 2.39. The SMILES string of the molecule is CCC=CCCCCOc1ccc(Nc2nc(-c3ccc(C)nc3)cs2)cc1C(F)(F)F. The number of nitrogens with zero attached hydrogens (tertiary/aromatic N) is 2.